The molecule has 0 bridgehead atoms. The van der Waals surface area contributed by atoms with Gasteiger partial charge < -0.3 is 14.9 Å². The van der Waals surface area contributed by atoms with Gasteiger partial charge in [0.25, 0.3) is 0 Å². The van der Waals surface area contributed by atoms with E-state index >= 15 is 0 Å². The number of aryl methyl sites for hydroxylation is 1. The van der Waals surface area contributed by atoms with Crippen LogP contribution in [-0.2, 0) is 22.4 Å². The Hall–Kier alpha value is -2.75. The number of rotatable bonds is 6. The van der Waals surface area contributed by atoms with Crippen molar-refractivity contribution in [2.75, 3.05) is 0 Å². The van der Waals surface area contributed by atoms with Crippen molar-refractivity contribution in [2.45, 2.75) is 19.3 Å². The van der Waals surface area contributed by atoms with Crippen molar-refractivity contribution in [2.24, 2.45) is 0 Å². The molecule has 0 aliphatic rings. The second-order valence-corrected chi connectivity index (χ2v) is 4.87. The van der Waals surface area contributed by atoms with E-state index in [0.29, 0.717) is 12.8 Å². The predicted molar refractivity (Wildman–Crippen MR) is 83.5 cm³/mol. The Morgan fingerprint density at radius 1 is 1.00 bits per heavy atom. The smallest absolute Gasteiger partial charge is 0.310 e. The largest absolute Gasteiger partial charge is 0.504 e. The standard InChI is InChI=1S/C18H18O4/c19-16-10-8-15(13-17(16)20)9-11-18(21)22-12-4-7-14-5-2-1-3-6-14/h1-6,8,10,12-13,19-20H,7,9,11H2/b12-4+. The van der Waals surface area contributed by atoms with E-state index in [2.05, 4.69) is 0 Å². The van der Waals surface area contributed by atoms with Gasteiger partial charge in [0, 0.05) is 6.42 Å². The molecule has 4 heteroatoms. The maximum Gasteiger partial charge on any atom is 0.310 e. The first-order valence-corrected chi connectivity index (χ1v) is 7.04. The van der Waals surface area contributed by atoms with Gasteiger partial charge in [-0.3, -0.25) is 4.79 Å². The zero-order valence-electron chi connectivity index (χ0n) is 12.1. The van der Waals surface area contributed by atoms with Gasteiger partial charge in [0.05, 0.1) is 6.26 Å². The first-order chi connectivity index (χ1) is 10.6. The summed E-state index contributed by atoms with van der Waals surface area (Å²) in [6, 6.07) is 14.4. The van der Waals surface area contributed by atoms with Crippen molar-refractivity contribution in [1.82, 2.24) is 0 Å². The van der Waals surface area contributed by atoms with Crippen LogP contribution in [-0.4, -0.2) is 16.2 Å². The van der Waals surface area contributed by atoms with Crippen LogP contribution in [0.15, 0.2) is 60.9 Å². The third-order valence-electron chi connectivity index (χ3n) is 3.15. The van der Waals surface area contributed by atoms with Gasteiger partial charge in [-0.05, 0) is 42.2 Å². The number of benzene rings is 2. The number of ether oxygens (including phenoxy) is 1. The van der Waals surface area contributed by atoms with Gasteiger partial charge in [0.1, 0.15) is 0 Å². The molecule has 2 aromatic carbocycles. The zero-order chi connectivity index (χ0) is 15.8. The van der Waals surface area contributed by atoms with Crippen molar-refractivity contribution in [1.29, 1.82) is 0 Å². The van der Waals surface area contributed by atoms with Gasteiger partial charge in [-0.2, -0.15) is 0 Å². The number of carbonyl (C=O) groups is 1. The molecule has 0 amide bonds. The summed E-state index contributed by atoms with van der Waals surface area (Å²) in [6.07, 6.45) is 4.56. The Morgan fingerprint density at radius 3 is 2.50 bits per heavy atom. The second-order valence-electron chi connectivity index (χ2n) is 4.87. The molecule has 0 saturated heterocycles. The number of hydrogen-bond acceptors (Lipinski definition) is 4. The van der Waals surface area contributed by atoms with Gasteiger partial charge in [-0.15, -0.1) is 0 Å². The highest BCUT2D eigenvalue weighted by Crippen LogP contribution is 2.25. The lowest BCUT2D eigenvalue weighted by molar-refractivity contribution is -0.137. The summed E-state index contributed by atoms with van der Waals surface area (Å²) in [6.45, 7) is 0. The van der Waals surface area contributed by atoms with Crippen LogP contribution in [0.1, 0.15) is 17.5 Å². The number of esters is 1. The molecule has 0 atom stereocenters. The maximum atomic E-state index is 11.6. The third-order valence-corrected chi connectivity index (χ3v) is 3.15. The Morgan fingerprint density at radius 2 is 1.77 bits per heavy atom. The van der Waals surface area contributed by atoms with E-state index in [1.165, 1.54) is 18.4 Å². The quantitative estimate of drug-likeness (QED) is 0.488. The average molecular weight is 298 g/mol. The lowest BCUT2D eigenvalue weighted by Gasteiger charge is -2.03. The maximum absolute atomic E-state index is 11.6. The van der Waals surface area contributed by atoms with E-state index < -0.39 is 0 Å². The molecule has 0 spiro atoms. The number of hydrogen-bond donors (Lipinski definition) is 2. The zero-order valence-corrected chi connectivity index (χ0v) is 12.1. The monoisotopic (exact) mass is 298 g/mol. The molecule has 0 aromatic heterocycles. The number of carbonyl (C=O) groups excluding carboxylic acids is 1. The number of phenols is 2. The van der Waals surface area contributed by atoms with Crippen LogP contribution in [0.3, 0.4) is 0 Å². The molecule has 2 N–H and O–H groups in total. The molecule has 0 unspecified atom stereocenters. The fourth-order valence-corrected chi connectivity index (χ4v) is 1.95. The van der Waals surface area contributed by atoms with Gasteiger partial charge in [-0.1, -0.05) is 36.4 Å². The van der Waals surface area contributed by atoms with E-state index in [1.54, 1.807) is 12.1 Å². The number of allylic oxidation sites excluding steroid dienone is 1. The SMILES string of the molecule is O=C(CCc1ccc(O)c(O)c1)O/C=C/Cc1ccccc1. The molecule has 0 saturated carbocycles. The van der Waals surface area contributed by atoms with Crippen molar-refractivity contribution < 1.29 is 19.7 Å². The summed E-state index contributed by atoms with van der Waals surface area (Å²) >= 11 is 0. The summed E-state index contributed by atoms with van der Waals surface area (Å²) in [5, 5.41) is 18.6. The van der Waals surface area contributed by atoms with Gasteiger partial charge in [0.2, 0.25) is 0 Å². The Bertz CT molecular complexity index is 647. The van der Waals surface area contributed by atoms with E-state index in [-0.39, 0.29) is 23.9 Å². The highest BCUT2D eigenvalue weighted by Gasteiger charge is 2.05. The first-order valence-electron chi connectivity index (χ1n) is 7.04. The molecule has 0 radical (unpaired) electrons. The molecule has 114 valence electrons. The number of aromatic hydroxyl groups is 2. The lowest BCUT2D eigenvalue weighted by atomic mass is 10.1. The van der Waals surface area contributed by atoms with E-state index in [9.17, 15) is 15.0 Å². The van der Waals surface area contributed by atoms with E-state index in [4.69, 9.17) is 4.74 Å². The van der Waals surface area contributed by atoms with Crippen LogP contribution in [0.2, 0.25) is 0 Å². The second kappa shape index (κ2) is 7.88. The van der Waals surface area contributed by atoms with E-state index in [1.807, 2.05) is 30.3 Å². The number of phenolic OH excluding ortho intramolecular Hbond substituents is 2. The molecule has 0 fully saturated rings. The fraction of sp³-hybridized carbons (Fsp3) is 0.167. The summed E-state index contributed by atoms with van der Waals surface area (Å²) in [5.41, 5.74) is 1.91. The van der Waals surface area contributed by atoms with Crippen molar-refractivity contribution in [3.05, 3.63) is 72.0 Å². The first kappa shape index (κ1) is 15.6. The van der Waals surface area contributed by atoms with Crippen LogP contribution in [0.5, 0.6) is 11.5 Å². The van der Waals surface area contributed by atoms with Gasteiger partial charge >= 0.3 is 5.97 Å². The molecule has 22 heavy (non-hydrogen) atoms. The lowest BCUT2D eigenvalue weighted by Crippen LogP contribution is -2.01. The molecular weight excluding hydrogens is 280 g/mol. The van der Waals surface area contributed by atoms with Gasteiger partial charge in [0.15, 0.2) is 11.5 Å². The highest BCUT2D eigenvalue weighted by atomic mass is 16.5. The molecular formula is C18H18O4. The summed E-state index contributed by atoms with van der Waals surface area (Å²) in [4.78, 5) is 11.6. The third kappa shape index (κ3) is 4.98. The fourth-order valence-electron chi connectivity index (χ4n) is 1.95. The topological polar surface area (TPSA) is 66.8 Å². The van der Waals surface area contributed by atoms with Gasteiger partial charge in [-0.25, -0.2) is 0 Å². The molecule has 0 aliphatic heterocycles. The van der Waals surface area contributed by atoms with Crippen LogP contribution < -0.4 is 0 Å². The molecule has 4 nitrogen and oxygen atoms in total. The van der Waals surface area contributed by atoms with Crippen LogP contribution in [0.4, 0.5) is 0 Å². The minimum atomic E-state index is -0.336. The summed E-state index contributed by atoms with van der Waals surface area (Å²) in [5.74, 6) is -0.694. The highest BCUT2D eigenvalue weighted by molar-refractivity contribution is 5.70. The molecule has 2 rings (SSSR count). The van der Waals surface area contributed by atoms with Crippen LogP contribution in [0.25, 0.3) is 0 Å². The molecule has 0 heterocycles. The van der Waals surface area contributed by atoms with Crippen LogP contribution in [0, 0.1) is 0 Å². The Kier molecular flexibility index (Phi) is 5.60. The van der Waals surface area contributed by atoms with Crippen LogP contribution >= 0.6 is 0 Å². The normalized spacial score (nSPS) is 10.7. The Labute approximate surface area is 129 Å². The average Bonchev–Trinajstić information content (AvgIpc) is 2.54. The van der Waals surface area contributed by atoms with Crippen molar-refractivity contribution >= 4 is 5.97 Å². The van der Waals surface area contributed by atoms with Crippen molar-refractivity contribution in [3.8, 4) is 11.5 Å². The Balaban J connectivity index is 1.72. The molecule has 0 aliphatic carbocycles. The molecule has 2 aromatic rings. The van der Waals surface area contributed by atoms with E-state index in [0.717, 1.165) is 11.1 Å². The predicted octanol–water partition coefficient (Wildman–Crippen LogP) is 3.33. The minimum Gasteiger partial charge on any atom is -0.504 e. The summed E-state index contributed by atoms with van der Waals surface area (Å²) in [7, 11) is 0. The summed E-state index contributed by atoms with van der Waals surface area (Å²) < 4.78 is 5.01. The minimum absolute atomic E-state index is 0.171. The van der Waals surface area contributed by atoms with Crippen molar-refractivity contribution in [3.63, 3.8) is 0 Å².